The first-order valence-corrected chi connectivity index (χ1v) is 7.62. The summed E-state index contributed by atoms with van der Waals surface area (Å²) in [6, 6.07) is -0.000719. The van der Waals surface area contributed by atoms with E-state index in [1.165, 1.54) is 0 Å². The zero-order valence-electron chi connectivity index (χ0n) is 12.0. The average Bonchev–Trinajstić information content (AvgIpc) is 3.06. The van der Waals surface area contributed by atoms with Gasteiger partial charge in [0.2, 0.25) is 5.91 Å². The lowest BCUT2D eigenvalue weighted by Crippen LogP contribution is -2.56. The lowest BCUT2D eigenvalue weighted by atomic mass is 10.1. The number of aliphatic carboxylic acids is 1. The highest BCUT2D eigenvalue weighted by Gasteiger charge is 2.38. The van der Waals surface area contributed by atoms with Crippen molar-refractivity contribution in [2.24, 2.45) is 5.92 Å². The fraction of sp³-hybridized carbons (Fsp3) is 0.786. The number of amides is 3. The fourth-order valence-corrected chi connectivity index (χ4v) is 3.65. The largest absolute Gasteiger partial charge is 0.481 e. The van der Waals surface area contributed by atoms with E-state index in [9.17, 15) is 14.4 Å². The highest BCUT2D eigenvalue weighted by molar-refractivity contribution is 5.80. The second-order valence-corrected chi connectivity index (χ2v) is 6.22. The summed E-state index contributed by atoms with van der Waals surface area (Å²) in [6.45, 7) is 1.76. The van der Waals surface area contributed by atoms with Crippen molar-refractivity contribution in [2.45, 2.75) is 44.2 Å². The molecule has 3 aliphatic rings. The van der Waals surface area contributed by atoms with Crippen LogP contribution in [-0.4, -0.2) is 64.5 Å². The molecule has 7 heteroatoms. The predicted octanol–water partition coefficient (Wildman–Crippen LogP) is 0.256. The van der Waals surface area contributed by atoms with Crippen LogP contribution in [0.4, 0.5) is 4.79 Å². The third-order valence-corrected chi connectivity index (χ3v) is 4.89. The van der Waals surface area contributed by atoms with Crippen molar-refractivity contribution in [2.75, 3.05) is 19.6 Å². The van der Waals surface area contributed by atoms with Crippen LogP contribution in [0.2, 0.25) is 0 Å². The quantitative estimate of drug-likeness (QED) is 0.764. The van der Waals surface area contributed by atoms with Crippen LogP contribution in [-0.2, 0) is 9.59 Å². The van der Waals surface area contributed by atoms with E-state index < -0.39 is 5.97 Å². The van der Waals surface area contributed by atoms with Gasteiger partial charge in [0.15, 0.2) is 0 Å². The van der Waals surface area contributed by atoms with Gasteiger partial charge in [0.05, 0.1) is 5.92 Å². The standard InChI is InChI=1S/C14H21N3O4/c18-12-4-3-11-8-16(5-6-17(11)12)14(21)15-10-2-1-9(7-10)13(19)20/h9-11H,1-8H2,(H,15,21)(H,19,20). The van der Waals surface area contributed by atoms with E-state index in [4.69, 9.17) is 5.11 Å². The van der Waals surface area contributed by atoms with Crippen LogP contribution < -0.4 is 5.32 Å². The summed E-state index contributed by atoms with van der Waals surface area (Å²) in [5.74, 6) is -0.912. The van der Waals surface area contributed by atoms with Crippen molar-refractivity contribution in [3.8, 4) is 0 Å². The first-order chi connectivity index (χ1) is 10.0. The zero-order chi connectivity index (χ0) is 15.0. The Morgan fingerprint density at radius 1 is 1.19 bits per heavy atom. The first-order valence-electron chi connectivity index (χ1n) is 7.62. The second kappa shape index (κ2) is 5.54. The molecule has 1 saturated carbocycles. The maximum atomic E-state index is 12.3. The number of rotatable bonds is 2. The molecule has 0 aromatic heterocycles. The molecule has 21 heavy (non-hydrogen) atoms. The molecule has 0 spiro atoms. The van der Waals surface area contributed by atoms with Crippen LogP contribution in [0.3, 0.4) is 0 Å². The molecule has 7 nitrogen and oxygen atoms in total. The fourth-order valence-electron chi connectivity index (χ4n) is 3.65. The monoisotopic (exact) mass is 295 g/mol. The molecule has 116 valence electrons. The number of fused-ring (bicyclic) bond motifs is 1. The molecule has 2 heterocycles. The zero-order valence-corrected chi connectivity index (χ0v) is 12.0. The maximum Gasteiger partial charge on any atom is 0.317 e. The molecule has 3 fully saturated rings. The number of carbonyl (C=O) groups is 3. The Bertz CT molecular complexity index is 467. The van der Waals surface area contributed by atoms with E-state index in [0.717, 1.165) is 12.8 Å². The Morgan fingerprint density at radius 3 is 2.71 bits per heavy atom. The highest BCUT2D eigenvalue weighted by Crippen LogP contribution is 2.26. The van der Waals surface area contributed by atoms with Crippen LogP contribution in [0, 0.1) is 5.92 Å². The van der Waals surface area contributed by atoms with Gasteiger partial charge < -0.3 is 20.2 Å². The molecule has 3 unspecified atom stereocenters. The van der Waals surface area contributed by atoms with Crippen LogP contribution in [0.5, 0.6) is 0 Å². The molecule has 2 aliphatic heterocycles. The maximum absolute atomic E-state index is 12.3. The van der Waals surface area contributed by atoms with Crippen molar-refractivity contribution in [3.05, 3.63) is 0 Å². The van der Waals surface area contributed by atoms with Crippen molar-refractivity contribution in [3.63, 3.8) is 0 Å². The van der Waals surface area contributed by atoms with Gasteiger partial charge >= 0.3 is 12.0 Å². The van der Waals surface area contributed by atoms with Crippen LogP contribution in [0.15, 0.2) is 0 Å². The van der Waals surface area contributed by atoms with E-state index in [2.05, 4.69) is 5.32 Å². The SMILES string of the molecule is O=C(O)C1CCC(NC(=O)N2CCN3C(=O)CCC3C2)C1. The number of hydrogen-bond acceptors (Lipinski definition) is 3. The lowest BCUT2D eigenvalue weighted by Gasteiger charge is -2.37. The van der Waals surface area contributed by atoms with Gasteiger partial charge in [0, 0.05) is 38.1 Å². The van der Waals surface area contributed by atoms with Crippen LogP contribution in [0.1, 0.15) is 32.1 Å². The molecule has 0 radical (unpaired) electrons. The van der Waals surface area contributed by atoms with Gasteiger partial charge in [0.25, 0.3) is 0 Å². The minimum Gasteiger partial charge on any atom is -0.481 e. The number of nitrogens with one attached hydrogen (secondary N) is 1. The topological polar surface area (TPSA) is 89.9 Å². The van der Waals surface area contributed by atoms with Gasteiger partial charge in [-0.25, -0.2) is 4.79 Å². The summed E-state index contributed by atoms with van der Waals surface area (Å²) in [6.07, 6.45) is 3.29. The molecular formula is C14H21N3O4. The molecule has 2 saturated heterocycles. The number of piperazine rings is 1. The van der Waals surface area contributed by atoms with E-state index in [1.807, 2.05) is 4.90 Å². The van der Waals surface area contributed by atoms with Crippen molar-refractivity contribution in [1.82, 2.24) is 15.1 Å². The van der Waals surface area contributed by atoms with Crippen molar-refractivity contribution < 1.29 is 19.5 Å². The van der Waals surface area contributed by atoms with E-state index in [1.54, 1.807) is 4.90 Å². The van der Waals surface area contributed by atoms with Gasteiger partial charge in [-0.2, -0.15) is 0 Å². The summed E-state index contributed by atoms with van der Waals surface area (Å²) in [5.41, 5.74) is 0. The highest BCUT2D eigenvalue weighted by atomic mass is 16.4. The van der Waals surface area contributed by atoms with Gasteiger partial charge in [0.1, 0.15) is 0 Å². The Hall–Kier alpha value is -1.79. The number of carboxylic acids is 1. The molecule has 0 aromatic carbocycles. The molecule has 3 amide bonds. The molecule has 2 N–H and O–H groups in total. The van der Waals surface area contributed by atoms with E-state index in [-0.39, 0.29) is 29.9 Å². The van der Waals surface area contributed by atoms with Gasteiger partial charge in [-0.05, 0) is 25.7 Å². The van der Waals surface area contributed by atoms with Gasteiger partial charge in [-0.1, -0.05) is 0 Å². The summed E-state index contributed by atoms with van der Waals surface area (Å²) in [4.78, 5) is 38.4. The Labute approximate surface area is 123 Å². The third kappa shape index (κ3) is 2.82. The number of carboxylic acid groups (broad SMARTS) is 1. The number of carbonyl (C=O) groups excluding carboxylic acids is 2. The van der Waals surface area contributed by atoms with Gasteiger partial charge in [-0.15, -0.1) is 0 Å². The van der Waals surface area contributed by atoms with Crippen molar-refractivity contribution >= 4 is 17.9 Å². The second-order valence-electron chi connectivity index (χ2n) is 6.22. The molecular weight excluding hydrogens is 274 g/mol. The Morgan fingerprint density at radius 2 is 2.00 bits per heavy atom. The van der Waals surface area contributed by atoms with Crippen LogP contribution in [0.25, 0.3) is 0 Å². The van der Waals surface area contributed by atoms with Crippen LogP contribution >= 0.6 is 0 Å². The minimum absolute atomic E-state index is 0.0400. The Kier molecular flexibility index (Phi) is 3.73. The summed E-state index contributed by atoms with van der Waals surface area (Å²) < 4.78 is 0. The number of urea groups is 1. The normalized spacial score (nSPS) is 32.2. The van der Waals surface area contributed by atoms with Crippen molar-refractivity contribution in [1.29, 1.82) is 0 Å². The lowest BCUT2D eigenvalue weighted by molar-refractivity contribution is -0.141. The smallest absolute Gasteiger partial charge is 0.317 e. The summed E-state index contributed by atoms with van der Waals surface area (Å²) in [7, 11) is 0. The molecule has 0 bridgehead atoms. The van der Waals surface area contributed by atoms with Gasteiger partial charge in [-0.3, -0.25) is 9.59 Å². The summed E-state index contributed by atoms with van der Waals surface area (Å²) >= 11 is 0. The molecule has 3 atom stereocenters. The summed E-state index contributed by atoms with van der Waals surface area (Å²) in [5, 5.41) is 11.9. The molecule has 1 aliphatic carbocycles. The van der Waals surface area contributed by atoms with E-state index >= 15 is 0 Å². The number of hydrogen-bond donors (Lipinski definition) is 2. The Balaban J connectivity index is 1.50. The molecule has 0 aromatic rings. The predicted molar refractivity (Wildman–Crippen MR) is 73.6 cm³/mol. The third-order valence-electron chi connectivity index (χ3n) is 4.89. The first kappa shape index (κ1) is 14.2. The van der Waals surface area contributed by atoms with E-state index in [0.29, 0.717) is 38.9 Å². The molecule has 3 rings (SSSR count). The average molecular weight is 295 g/mol. The minimum atomic E-state index is -0.773. The number of nitrogens with zero attached hydrogens (tertiary/aromatic N) is 2.